The van der Waals surface area contributed by atoms with E-state index in [-0.39, 0.29) is 0 Å². The number of benzene rings is 2. The molecule has 0 fully saturated rings. The standard InChI is InChI=1S/C17H16ClNO/c1-2-19-11-13(12-20-15-6-4-3-5-7-15)16-10-14(18)8-9-17(16)19/h3-11H,2,12H2,1H3. The monoisotopic (exact) mass is 285 g/mol. The molecule has 0 aliphatic rings. The maximum atomic E-state index is 6.11. The van der Waals surface area contributed by atoms with Crippen LogP contribution < -0.4 is 4.74 Å². The van der Waals surface area contributed by atoms with Crippen molar-refractivity contribution >= 4 is 22.5 Å². The van der Waals surface area contributed by atoms with Crippen LogP contribution in [0.2, 0.25) is 5.02 Å². The lowest BCUT2D eigenvalue weighted by Crippen LogP contribution is -1.94. The second kappa shape index (κ2) is 5.59. The SMILES string of the molecule is CCn1cc(COc2ccccc2)c2cc(Cl)ccc21. The predicted octanol–water partition coefficient (Wildman–Crippen LogP) is 4.89. The van der Waals surface area contributed by atoms with Gasteiger partial charge in [-0.2, -0.15) is 0 Å². The molecule has 3 heteroatoms. The summed E-state index contributed by atoms with van der Waals surface area (Å²) in [5.41, 5.74) is 2.36. The molecule has 0 unspecified atom stereocenters. The summed E-state index contributed by atoms with van der Waals surface area (Å²) in [5, 5.41) is 1.92. The summed E-state index contributed by atoms with van der Waals surface area (Å²) in [5.74, 6) is 0.881. The van der Waals surface area contributed by atoms with Gasteiger partial charge in [0, 0.05) is 34.2 Å². The van der Waals surface area contributed by atoms with E-state index in [0.717, 1.165) is 28.3 Å². The molecule has 0 aliphatic heterocycles. The second-order valence-electron chi connectivity index (χ2n) is 4.70. The van der Waals surface area contributed by atoms with Crippen molar-refractivity contribution in [3.8, 4) is 5.75 Å². The Morgan fingerprint density at radius 1 is 1.10 bits per heavy atom. The summed E-state index contributed by atoms with van der Waals surface area (Å²) in [7, 11) is 0. The summed E-state index contributed by atoms with van der Waals surface area (Å²) in [6.45, 7) is 3.62. The predicted molar refractivity (Wildman–Crippen MR) is 83.4 cm³/mol. The van der Waals surface area contributed by atoms with Crippen LogP contribution in [0.25, 0.3) is 10.9 Å². The zero-order valence-corrected chi connectivity index (χ0v) is 12.1. The van der Waals surface area contributed by atoms with Gasteiger partial charge in [-0.05, 0) is 37.3 Å². The van der Waals surface area contributed by atoms with Crippen LogP contribution in [0.4, 0.5) is 0 Å². The number of aromatic nitrogens is 1. The molecular weight excluding hydrogens is 270 g/mol. The third-order valence-corrected chi connectivity index (χ3v) is 3.64. The lowest BCUT2D eigenvalue weighted by atomic mass is 10.2. The first kappa shape index (κ1) is 13.1. The molecule has 0 atom stereocenters. The van der Waals surface area contributed by atoms with E-state index in [1.54, 1.807) is 0 Å². The molecule has 3 aromatic rings. The average molecular weight is 286 g/mol. The molecule has 20 heavy (non-hydrogen) atoms. The highest BCUT2D eigenvalue weighted by atomic mass is 35.5. The minimum Gasteiger partial charge on any atom is -0.489 e. The van der Waals surface area contributed by atoms with Crippen molar-refractivity contribution in [1.29, 1.82) is 0 Å². The van der Waals surface area contributed by atoms with Gasteiger partial charge in [0.25, 0.3) is 0 Å². The molecule has 0 amide bonds. The van der Waals surface area contributed by atoms with Crippen LogP contribution in [0, 0.1) is 0 Å². The molecule has 102 valence electrons. The fourth-order valence-electron chi connectivity index (χ4n) is 2.40. The Labute approximate surface area is 123 Å². The first-order chi connectivity index (χ1) is 9.78. The Hall–Kier alpha value is -1.93. The molecule has 0 saturated heterocycles. The fourth-order valence-corrected chi connectivity index (χ4v) is 2.57. The largest absolute Gasteiger partial charge is 0.489 e. The topological polar surface area (TPSA) is 14.2 Å². The Morgan fingerprint density at radius 3 is 2.65 bits per heavy atom. The number of aryl methyl sites for hydroxylation is 1. The van der Waals surface area contributed by atoms with Crippen molar-refractivity contribution in [2.75, 3.05) is 0 Å². The van der Waals surface area contributed by atoms with Crippen LogP contribution in [-0.4, -0.2) is 4.57 Å². The van der Waals surface area contributed by atoms with E-state index in [1.165, 1.54) is 5.52 Å². The van der Waals surface area contributed by atoms with Crippen molar-refractivity contribution in [1.82, 2.24) is 4.57 Å². The maximum absolute atomic E-state index is 6.11. The molecule has 2 aromatic carbocycles. The van der Waals surface area contributed by atoms with Gasteiger partial charge in [-0.15, -0.1) is 0 Å². The van der Waals surface area contributed by atoms with Gasteiger partial charge in [0.15, 0.2) is 0 Å². The van der Waals surface area contributed by atoms with Crippen LogP contribution in [-0.2, 0) is 13.2 Å². The van der Waals surface area contributed by atoms with Crippen molar-refractivity contribution in [2.24, 2.45) is 0 Å². The molecule has 3 rings (SSSR count). The quantitative estimate of drug-likeness (QED) is 0.665. The molecule has 0 bridgehead atoms. The number of hydrogen-bond acceptors (Lipinski definition) is 1. The Morgan fingerprint density at radius 2 is 1.90 bits per heavy atom. The fraction of sp³-hybridized carbons (Fsp3) is 0.176. The minimum absolute atomic E-state index is 0.549. The van der Waals surface area contributed by atoms with Gasteiger partial charge in [0.05, 0.1) is 0 Å². The summed E-state index contributed by atoms with van der Waals surface area (Å²) in [6.07, 6.45) is 2.14. The van der Waals surface area contributed by atoms with E-state index in [2.05, 4.69) is 23.8 Å². The number of halogens is 1. The summed E-state index contributed by atoms with van der Waals surface area (Å²) in [4.78, 5) is 0. The highest BCUT2D eigenvalue weighted by Gasteiger charge is 2.09. The zero-order chi connectivity index (χ0) is 13.9. The van der Waals surface area contributed by atoms with Crippen LogP contribution in [0.5, 0.6) is 5.75 Å². The van der Waals surface area contributed by atoms with Gasteiger partial charge in [-0.1, -0.05) is 29.8 Å². The van der Waals surface area contributed by atoms with Gasteiger partial charge < -0.3 is 9.30 Å². The normalized spacial score (nSPS) is 10.9. The number of fused-ring (bicyclic) bond motifs is 1. The number of para-hydroxylation sites is 1. The number of hydrogen-bond donors (Lipinski definition) is 0. The minimum atomic E-state index is 0.549. The molecule has 0 N–H and O–H groups in total. The van der Waals surface area contributed by atoms with Crippen molar-refractivity contribution in [3.05, 3.63) is 65.3 Å². The van der Waals surface area contributed by atoms with Crippen LogP contribution in [0.3, 0.4) is 0 Å². The molecule has 0 radical (unpaired) electrons. The lowest BCUT2D eigenvalue weighted by Gasteiger charge is -2.04. The summed E-state index contributed by atoms with van der Waals surface area (Å²) < 4.78 is 8.06. The molecule has 1 heterocycles. The smallest absolute Gasteiger partial charge is 0.119 e. The van der Waals surface area contributed by atoms with Crippen molar-refractivity contribution in [2.45, 2.75) is 20.1 Å². The third-order valence-electron chi connectivity index (χ3n) is 3.40. The van der Waals surface area contributed by atoms with E-state index in [0.29, 0.717) is 6.61 Å². The van der Waals surface area contributed by atoms with Crippen LogP contribution >= 0.6 is 11.6 Å². The molecule has 0 saturated carbocycles. The Balaban J connectivity index is 1.93. The number of ether oxygens (including phenoxy) is 1. The van der Waals surface area contributed by atoms with E-state index in [4.69, 9.17) is 16.3 Å². The van der Waals surface area contributed by atoms with Crippen LogP contribution in [0.15, 0.2) is 54.7 Å². The lowest BCUT2D eigenvalue weighted by molar-refractivity contribution is 0.307. The van der Waals surface area contributed by atoms with Gasteiger partial charge in [0.1, 0.15) is 12.4 Å². The molecule has 2 nitrogen and oxygen atoms in total. The van der Waals surface area contributed by atoms with Crippen molar-refractivity contribution < 1.29 is 4.74 Å². The number of nitrogens with zero attached hydrogens (tertiary/aromatic N) is 1. The second-order valence-corrected chi connectivity index (χ2v) is 5.14. The average Bonchev–Trinajstić information content (AvgIpc) is 2.83. The maximum Gasteiger partial charge on any atom is 0.119 e. The first-order valence-corrected chi connectivity index (χ1v) is 7.11. The number of rotatable bonds is 4. The Kier molecular flexibility index (Phi) is 3.66. The molecular formula is C17H16ClNO. The van der Waals surface area contributed by atoms with Gasteiger partial charge in [-0.3, -0.25) is 0 Å². The van der Waals surface area contributed by atoms with Crippen molar-refractivity contribution in [3.63, 3.8) is 0 Å². The van der Waals surface area contributed by atoms with Gasteiger partial charge in [-0.25, -0.2) is 0 Å². The highest BCUT2D eigenvalue weighted by Crippen LogP contribution is 2.26. The molecule has 1 aromatic heterocycles. The highest BCUT2D eigenvalue weighted by molar-refractivity contribution is 6.31. The third kappa shape index (κ3) is 2.52. The van der Waals surface area contributed by atoms with Gasteiger partial charge >= 0.3 is 0 Å². The van der Waals surface area contributed by atoms with E-state index in [9.17, 15) is 0 Å². The van der Waals surface area contributed by atoms with E-state index < -0.39 is 0 Å². The van der Waals surface area contributed by atoms with E-state index in [1.807, 2.05) is 42.5 Å². The molecule has 0 spiro atoms. The zero-order valence-electron chi connectivity index (χ0n) is 11.3. The summed E-state index contributed by atoms with van der Waals surface area (Å²) in [6, 6.07) is 15.9. The van der Waals surface area contributed by atoms with Crippen LogP contribution in [0.1, 0.15) is 12.5 Å². The van der Waals surface area contributed by atoms with Gasteiger partial charge in [0.2, 0.25) is 0 Å². The summed E-state index contributed by atoms with van der Waals surface area (Å²) >= 11 is 6.11. The molecule has 0 aliphatic carbocycles. The first-order valence-electron chi connectivity index (χ1n) is 6.73. The Bertz CT molecular complexity index is 718. The van der Waals surface area contributed by atoms with E-state index >= 15 is 0 Å².